The van der Waals surface area contributed by atoms with Crippen molar-refractivity contribution < 1.29 is 17.9 Å². The molecular weight excluding hydrogens is 342 g/mol. The van der Waals surface area contributed by atoms with Gasteiger partial charge in [0.15, 0.2) is 9.84 Å². The minimum Gasteiger partial charge on any atom is -0.465 e. The lowest BCUT2D eigenvalue weighted by Gasteiger charge is -2.12. The van der Waals surface area contributed by atoms with Gasteiger partial charge in [0.2, 0.25) is 0 Å². The van der Waals surface area contributed by atoms with Crippen LogP contribution >= 0.6 is 0 Å². The first kappa shape index (κ1) is 18.9. The number of esters is 1. The van der Waals surface area contributed by atoms with Crippen molar-refractivity contribution >= 4 is 15.8 Å². The lowest BCUT2D eigenvalue weighted by Crippen LogP contribution is -2.18. The van der Waals surface area contributed by atoms with Crippen LogP contribution < -0.4 is 5.56 Å². The van der Waals surface area contributed by atoms with Crippen molar-refractivity contribution in [3.8, 4) is 11.1 Å². The first-order chi connectivity index (χ1) is 11.7. The maximum atomic E-state index is 12.0. The van der Waals surface area contributed by atoms with Crippen molar-refractivity contribution in [2.75, 3.05) is 12.9 Å². The van der Waals surface area contributed by atoms with Crippen molar-refractivity contribution in [3.63, 3.8) is 0 Å². The van der Waals surface area contributed by atoms with Crippen molar-refractivity contribution in [2.24, 2.45) is 7.05 Å². The van der Waals surface area contributed by atoms with E-state index in [0.29, 0.717) is 11.1 Å². The van der Waals surface area contributed by atoms with E-state index >= 15 is 0 Å². The number of rotatable bonds is 5. The van der Waals surface area contributed by atoms with Crippen LogP contribution in [-0.2, 0) is 27.4 Å². The fraction of sp³-hybridized carbons (Fsp3) is 0.333. The summed E-state index contributed by atoms with van der Waals surface area (Å²) in [6.07, 6.45) is 1.68. The number of sulfone groups is 1. The van der Waals surface area contributed by atoms with E-state index in [1.54, 1.807) is 51.4 Å². The summed E-state index contributed by atoms with van der Waals surface area (Å²) in [6.45, 7) is 3.28. The average molecular weight is 363 g/mol. The molecule has 2 aromatic rings. The molecule has 0 aliphatic carbocycles. The normalized spacial score (nSPS) is 11.4. The summed E-state index contributed by atoms with van der Waals surface area (Å²) in [5, 5.41) is 0. The molecule has 6 nitrogen and oxygen atoms in total. The number of hydrogen-bond donors (Lipinski definition) is 0. The Balaban J connectivity index is 2.62. The summed E-state index contributed by atoms with van der Waals surface area (Å²) in [4.78, 5) is 23.8. The second-order valence-corrected chi connectivity index (χ2v) is 8.22. The van der Waals surface area contributed by atoms with Gasteiger partial charge in [-0.25, -0.2) is 13.2 Å². The highest BCUT2D eigenvalue weighted by molar-refractivity contribution is 7.90. The SMILES string of the molecule is CCS(=O)(=O)Cc1cc(-c2cc(C)c(=O)n(C)c2)ccc1C(=O)OC. The topological polar surface area (TPSA) is 82.4 Å². The third kappa shape index (κ3) is 4.17. The molecular formula is C18H21NO5S. The van der Waals surface area contributed by atoms with E-state index in [1.807, 2.05) is 0 Å². The first-order valence-electron chi connectivity index (χ1n) is 7.78. The number of aromatic nitrogens is 1. The molecule has 0 unspecified atom stereocenters. The minimum atomic E-state index is -3.32. The van der Waals surface area contributed by atoms with Crippen molar-refractivity contribution in [1.29, 1.82) is 0 Å². The molecule has 0 fully saturated rings. The van der Waals surface area contributed by atoms with Crippen LogP contribution in [0.1, 0.15) is 28.4 Å². The largest absolute Gasteiger partial charge is 0.465 e. The Labute approximate surface area is 147 Å². The molecule has 1 aromatic heterocycles. The zero-order valence-electron chi connectivity index (χ0n) is 14.7. The average Bonchev–Trinajstić information content (AvgIpc) is 2.58. The monoisotopic (exact) mass is 363 g/mol. The van der Waals surface area contributed by atoms with Gasteiger partial charge in [-0.15, -0.1) is 0 Å². The van der Waals surface area contributed by atoms with Crippen molar-refractivity contribution in [2.45, 2.75) is 19.6 Å². The van der Waals surface area contributed by atoms with E-state index in [1.165, 1.54) is 11.7 Å². The molecule has 7 heteroatoms. The predicted octanol–water partition coefficient (Wildman–Crippen LogP) is 2.08. The highest BCUT2D eigenvalue weighted by Crippen LogP contribution is 2.24. The number of nitrogens with zero attached hydrogens (tertiary/aromatic N) is 1. The van der Waals surface area contributed by atoms with Crippen molar-refractivity contribution in [3.05, 3.63) is 57.5 Å². The molecule has 0 atom stereocenters. The smallest absolute Gasteiger partial charge is 0.338 e. The molecule has 1 heterocycles. The molecule has 2 rings (SSSR count). The molecule has 0 N–H and O–H groups in total. The lowest BCUT2D eigenvalue weighted by atomic mass is 10.00. The third-order valence-electron chi connectivity index (χ3n) is 4.02. The summed E-state index contributed by atoms with van der Waals surface area (Å²) >= 11 is 0. The zero-order valence-corrected chi connectivity index (χ0v) is 15.5. The highest BCUT2D eigenvalue weighted by atomic mass is 32.2. The molecule has 1 aromatic carbocycles. The molecule has 0 spiro atoms. The number of pyridine rings is 1. The molecule has 0 bridgehead atoms. The van der Waals surface area contributed by atoms with E-state index in [-0.39, 0.29) is 22.6 Å². The van der Waals surface area contributed by atoms with E-state index in [4.69, 9.17) is 4.74 Å². The molecule has 134 valence electrons. The van der Waals surface area contributed by atoms with Crippen LogP contribution in [0.15, 0.2) is 35.3 Å². The Morgan fingerprint density at radius 2 is 1.88 bits per heavy atom. The molecule has 0 saturated heterocycles. The molecule has 0 saturated carbocycles. The first-order valence-corrected chi connectivity index (χ1v) is 9.60. The van der Waals surface area contributed by atoms with Gasteiger partial charge in [0.05, 0.1) is 18.4 Å². The third-order valence-corrected chi connectivity index (χ3v) is 5.65. The van der Waals surface area contributed by atoms with Gasteiger partial charge in [0.25, 0.3) is 5.56 Å². The van der Waals surface area contributed by atoms with Crippen LogP contribution in [0.3, 0.4) is 0 Å². The molecule has 25 heavy (non-hydrogen) atoms. The van der Waals surface area contributed by atoms with Crippen LogP contribution in [0.4, 0.5) is 0 Å². The maximum Gasteiger partial charge on any atom is 0.338 e. The van der Waals surface area contributed by atoms with Gasteiger partial charge in [0, 0.05) is 24.6 Å². The fourth-order valence-corrected chi connectivity index (χ4v) is 3.49. The number of carbonyl (C=O) groups is 1. The Morgan fingerprint density at radius 1 is 1.20 bits per heavy atom. The predicted molar refractivity (Wildman–Crippen MR) is 96.4 cm³/mol. The standard InChI is InChI=1S/C18H21NO5S/c1-5-25(22,23)11-15-9-13(6-7-16(15)18(21)24-4)14-8-12(2)17(20)19(3)10-14/h6-10H,5,11H2,1-4H3. The number of methoxy groups -OCH3 is 1. The summed E-state index contributed by atoms with van der Waals surface area (Å²) < 4.78 is 30.3. The zero-order chi connectivity index (χ0) is 18.8. The molecule has 0 aliphatic rings. The van der Waals surface area contributed by atoms with Gasteiger partial charge in [-0.1, -0.05) is 13.0 Å². The second kappa shape index (κ2) is 7.23. The van der Waals surface area contributed by atoms with Gasteiger partial charge >= 0.3 is 5.97 Å². The quantitative estimate of drug-likeness (QED) is 0.760. The van der Waals surface area contributed by atoms with E-state index < -0.39 is 15.8 Å². The summed E-state index contributed by atoms with van der Waals surface area (Å²) in [6, 6.07) is 6.68. The van der Waals surface area contributed by atoms with Crippen LogP contribution in [0.2, 0.25) is 0 Å². The van der Waals surface area contributed by atoms with Crippen LogP contribution in [-0.4, -0.2) is 31.8 Å². The number of carbonyl (C=O) groups excluding carboxylic acids is 1. The Bertz CT molecular complexity index is 947. The highest BCUT2D eigenvalue weighted by Gasteiger charge is 2.18. The van der Waals surface area contributed by atoms with E-state index in [0.717, 1.165) is 11.1 Å². The van der Waals surface area contributed by atoms with Crippen LogP contribution in [0.5, 0.6) is 0 Å². The number of hydrogen-bond acceptors (Lipinski definition) is 5. The van der Waals surface area contributed by atoms with Gasteiger partial charge in [-0.3, -0.25) is 4.79 Å². The molecule has 0 amide bonds. The molecule has 0 aliphatic heterocycles. The number of benzene rings is 1. The Kier molecular flexibility index (Phi) is 5.47. The number of ether oxygens (including phenoxy) is 1. The summed E-state index contributed by atoms with van der Waals surface area (Å²) in [7, 11) is -0.410. The molecule has 0 radical (unpaired) electrons. The minimum absolute atomic E-state index is 0.0171. The van der Waals surface area contributed by atoms with E-state index in [9.17, 15) is 18.0 Å². The second-order valence-electron chi connectivity index (χ2n) is 5.87. The van der Waals surface area contributed by atoms with Crippen LogP contribution in [0.25, 0.3) is 11.1 Å². The van der Waals surface area contributed by atoms with Gasteiger partial charge < -0.3 is 9.30 Å². The maximum absolute atomic E-state index is 12.0. The van der Waals surface area contributed by atoms with Crippen LogP contribution in [0, 0.1) is 6.92 Å². The van der Waals surface area contributed by atoms with Gasteiger partial charge in [-0.05, 0) is 41.8 Å². The summed E-state index contributed by atoms with van der Waals surface area (Å²) in [5.41, 5.74) is 2.60. The summed E-state index contributed by atoms with van der Waals surface area (Å²) in [5.74, 6) is -0.840. The Morgan fingerprint density at radius 3 is 2.44 bits per heavy atom. The fourth-order valence-electron chi connectivity index (χ4n) is 2.58. The van der Waals surface area contributed by atoms with Crippen molar-refractivity contribution in [1.82, 2.24) is 4.57 Å². The Hall–Kier alpha value is -2.41. The number of aryl methyl sites for hydroxylation is 2. The van der Waals surface area contributed by atoms with Gasteiger partial charge in [-0.2, -0.15) is 0 Å². The van der Waals surface area contributed by atoms with Gasteiger partial charge in [0.1, 0.15) is 0 Å². The van der Waals surface area contributed by atoms with E-state index in [2.05, 4.69) is 0 Å². The lowest BCUT2D eigenvalue weighted by molar-refractivity contribution is 0.0600.